The summed E-state index contributed by atoms with van der Waals surface area (Å²) in [6.45, 7) is 2.38. The van der Waals surface area contributed by atoms with Gasteiger partial charge >= 0.3 is 0 Å². The lowest BCUT2D eigenvalue weighted by molar-refractivity contribution is 0.247. The molecule has 96 valence electrons. The summed E-state index contributed by atoms with van der Waals surface area (Å²) in [5.74, 6) is 0. The van der Waals surface area contributed by atoms with Crippen molar-refractivity contribution < 1.29 is 8.42 Å². The van der Waals surface area contributed by atoms with Crippen LogP contribution in [0, 0.1) is 0 Å². The maximum Gasteiger partial charge on any atom is 0.246 e. The summed E-state index contributed by atoms with van der Waals surface area (Å²) >= 11 is 0. The van der Waals surface area contributed by atoms with Gasteiger partial charge in [-0.1, -0.05) is 0 Å². The third-order valence-electron chi connectivity index (χ3n) is 3.14. The fourth-order valence-corrected chi connectivity index (χ4v) is 3.85. The maximum absolute atomic E-state index is 12.3. The third-order valence-corrected chi connectivity index (χ3v) is 5.11. The molecule has 1 fully saturated rings. The van der Waals surface area contributed by atoms with E-state index in [1.54, 1.807) is 7.05 Å². The zero-order valence-corrected chi connectivity index (χ0v) is 10.9. The molecule has 0 aliphatic carbocycles. The number of sulfonamides is 1. The van der Waals surface area contributed by atoms with Crippen molar-refractivity contribution >= 4 is 10.0 Å². The average molecular weight is 258 g/mol. The predicted octanol–water partition coefficient (Wildman–Crippen LogP) is -0.0796. The molecule has 0 aromatic carbocycles. The molecule has 1 aliphatic heterocycles. The van der Waals surface area contributed by atoms with Crippen LogP contribution in [0.3, 0.4) is 0 Å². The van der Waals surface area contributed by atoms with Crippen LogP contribution in [0.15, 0.2) is 17.3 Å². The van der Waals surface area contributed by atoms with Crippen LogP contribution in [0.5, 0.6) is 0 Å². The highest BCUT2D eigenvalue weighted by Crippen LogP contribution is 2.24. The highest BCUT2D eigenvalue weighted by molar-refractivity contribution is 7.89. The van der Waals surface area contributed by atoms with Gasteiger partial charge in [0.15, 0.2) is 0 Å². The fourth-order valence-electron chi connectivity index (χ4n) is 2.21. The van der Waals surface area contributed by atoms with Crippen LogP contribution in [0.1, 0.15) is 19.8 Å². The molecule has 7 heteroatoms. The van der Waals surface area contributed by atoms with Gasteiger partial charge in [-0.25, -0.2) is 8.42 Å². The Morgan fingerprint density at radius 3 is 2.76 bits per heavy atom. The molecule has 0 saturated carbocycles. The van der Waals surface area contributed by atoms with Crippen LogP contribution < -0.4 is 5.73 Å². The molecule has 1 aromatic rings. The van der Waals surface area contributed by atoms with E-state index in [4.69, 9.17) is 5.73 Å². The monoisotopic (exact) mass is 258 g/mol. The molecular formula is C10H18N4O2S. The van der Waals surface area contributed by atoms with Crippen molar-refractivity contribution in [1.29, 1.82) is 0 Å². The summed E-state index contributed by atoms with van der Waals surface area (Å²) in [7, 11) is -1.72. The average Bonchev–Trinajstić information content (AvgIpc) is 2.64. The molecule has 0 bridgehead atoms. The molecule has 0 spiro atoms. The number of hydrogen-bond donors (Lipinski definition) is 1. The first-order valence-electron chi connectivity index (χ1n) is 5.67. The minimum Gasteiger partial charge on any atom is -0.328 e. The first-order chi connectivity index (χ1) is 7.91. The lowest BCUT2D eigenvalue weighted by atomic mass is 10.0. The standard InChI is InChI=1S/C10H18N4O2S/c1-8-5-9(11)3-4-14(8)17(15,16)10-6-12-13(2)7-10/h6-9H,3-5,11H2,1-2H3. The molecule has 0 radical (unpaired) electrons. The van der Waals surface area contributed by atoms with Gasteiger partial charge in [0.1, 0.15) is 4.90 Å². The van der Waals surface area contributed by atoms with E-state index in [1.165, 1.54) is 21.4 Å². The highest BCUT2D eigenvalue weighted by Gasteiger charge is 2.33. The number of hydrogen-bond acceptors (Lipinski definition) is 4. The normalized spacial score (nSPS) is 27.2. The first kappa shape index (κ1) is 12.5. The van der Waals surface area contributed by atoms with Gasteiger partial charge in [-0.3, -0.25) is 4.68 Å². The van der Waals surface area contributed by atoms with Gasteiger partial charge in [0.05, 0.1) is 6.20 Å². The second-order valence-electron chi connectivity index (χ2n) is 4.60. The van der Waals surface area contributed by atoms with E-state index < -0.39 is 10.0 Å². The molecule has 17 heavy (non-hydrogen) atoms. The minimum absolute atomic E-state index is 0.0519. The van der Waals surface area contributed by atoms with Crippen LogP contribution in [-0.4, -0.2) is 41.1 Å². The summed E-state index contributed by atoms with van der Waals surface area (Å²) in [4.78, 5) is 0.252. The van der Waals surface area contributed by atoms with E-state index in [0.717, 1.165) is 0 Å². The van der Waals surface area contributed by atoms with Gasteiger partial charge in [-0.2, -0.15) is 9.40 Å². The van der Waals surface area contributed by atoms with Gasteiger partial charge in [-0.15, -0.1) is 0 Å². The summed E-state index contributed by atoms with van der Waals surface area (Å²) < 4.78 is 27.7. The number of aromatic nitrogens is 2. The molecule has 2 heterocycles. The van der Waals surface area contributed by atoms with Crippen LogP contribution in [0.4, 0.5) is 0 Å². The summed E-state index contributed by atoms with van der Waals surface area (Å²) in [5, 5.41) is 3.90. The Morgan fingerprint density at radius 1 is 1.53 bits per heavy atom. The number of nitrogens with zero attached hydrogens (tertiary/aromatic N) is 3. The number of rotatable bonds is 2. The van der Waals surface area contributed by atoms with Crippen LogP contribution in [0.25, 0.3) is 0 Å². The van der Waals surface area contributed by atoms with Crippen molar-refractivity contribution in [3.8, 4) is 0 Å². The maximum atomic E-state index is 12.3. The summed E-state index contributed by atoms with van der Waals surface area (Å²) in [6, 6.07) is 0.0503. The molecule has 0 amide bonds. The van der Waals surface area contributed by atoms with Crippen molar-refractivity contribution in [3.63, 3.8) is 0 Å². The molecule has 2 atom stereocenters. The van der Waals surface area contributed by atoms with E-state index >= 15 is 0 Å². The van der Waals surface area contributed by atoms with E-state index in [-0.39, 0.29) is 17.0 Å². The highest BCUT2D eigenvalue weighted by atomic mass is 32.2. The van der Waals surface area contributed by atoms with Gasteiger partial charge in [0.2, 0.25) is 10.0 Å². The zero-order chi connectivity index (χ0) is 12.6. The second kappa shape index (κ2) is 4.40. The Morgan fingerprint density at radius 2 is 2.24 bits per heavy atom. The largest absolute Gasteiger partial charge is 0.328 e. The van der Waals surface area contributed by atoms with Crippen molar-refractivity contribution in [2.75, 3.05) is 6.54 Å². The number of piperidine rings is 1. The molecular weight excluding hydrogens is 240 g/mol. The third kappa shape index (κ3) is 2.36. The quantitative estimate of drug-likeness (QED) is 0.804. The second-order valence-corrected chi connectivity index (χ2v) is 6.49. The zero-order valence-electron chi connectivity index (χ0n) is 10.1. The van der Waals surface area contributed by atoms with Crippen molar-refractivity contribution in [2.45, 2.75) is 36.7 Å². The molecule has 2 N–H and O–H groups in total. The first-order valence-corrected chi connectivity index (χ1v) is 7.11. The Kier molecular flexibility index (Phi) is 3.24. The number of nitrogens with two attached hydrogens (primary N) is 1. The van der Waals surface area contributed by atoms with E-state index in [0.29, 0.717) is 19.4 Å². The van der Waals surface area contributed by atoms with Crippen LogP contribution in [0.2, 0.25) is 0 Å². The molecule has 1 saturated heterocycles. The van der Waals surface area contributed by atoms with Crippen molar-refractivity contribution in [1.82, 2.24) is 14.1 Å². The Hall–Kier alpha value is -0.920. The Labute approximate surface area is 101 Å². The lowest BCUT2D eigenvalue weighted by Gasteiger charge is -2.34. The van der Waals surface area contributed by atoms with Gasteiger partial charge in [0, 0.05) is 31.9 Å². The van der Waals surface area contributed by atoms with Crippen LogP contribution >= 0.6 is 0 Å². The fraction of sp³-hybridized carbons (Fsp3) is 0.700. The number of aryl methyl sites for hydroxylation is 1. The van der Waals surface area contributed by atoms with Gasteiger partial charge in [0.25, 0.3) is 0 Å². The van der Waals surface area contributed by atoms with Crippen molar-refractivity contribution in [2.24, 2.45) is 12.8 Å². The van der Waals surface area contributed by atoms with E-state index in [2.05, 4.69) is 5.10 Å². The molecule has 1 aliphatic rings. The Bertz CT molecular complexity index is 496. The van der Waals surface area contributed by atoms with Gasteiger partial charge < -0.3 is 5.73 Å². The molecule has 2 unspecified atom stereocenters. The lowest BCUT2D eigenvalue weighted by Crippen LogP contribution is -2.48. The van der Waals surface area contributed by atoms with Crippen LogP contribution in [-0.2, 0) is 17.1 Å². The Balaban J connectivity index is 2.27. The predicted molar refractivity (Wildman–Crippen MR) is 63.8 cm³/mol. The van der Waals surface area contributed by atoms with E-state index in [9.17, 15) is 8.42 Å². The minimum atomic E-state index is -3.42. The van der Waals surface area contributed by atoms with E-state index in [1.807, 2.05) is 6.92 Å². The summed E-state index contributed by atoms with van der Waals surface area (Å²) in [5.41, 5.74) is 5.84. The van der Waals surface area contributed by atoms with Gasteiger partial charge in [-0.05, 0) is 19.8 Å². The molecule has 6 nitrogen and oxygen atoms in total. The molecule has 1 aromatic heterocycles. The van der Waals surface area contributed by atoms with Crippen molar-refractivity contribution in [3.05, 3.63) is 12.4 Å². The smallest absolute Gasteiger partial charge is 0.246 e. The SMILES string of the molecule is CC1CC(N)CCN1S(=O)(=O)c1cnn(C)c1. The topological polar surface area (TPSA) is 81.2 Å². The summed E-state index contributed by atoms with van der Waals surface area (Å²) in [6.07, 6.45) is 4.33. The molecule has 2 rings (SSSR count).